The SMILES string of the molecule is COc1ccc(C=NNC(=S)C#N)cc1. The Bertz CT molecular complexity index is 406. The lowest BCUT2D eigenvalue weighted by atomic mass is 10.2. The summed E-state index contributed by atoms with van der Waals surface area (Å²) in [7, 11) is 1.61. The van der Waals surface area contributed by atoms with Crippen molar-refractivity contribution in [2.24, 2.45) is 5.10 Å². The van der Waals surface area contributed by atoms with Crippen LogP contribution in [0.2, 0.25) is 0 Å². The molecule has 0 fully saturated rings. The van der Waals surface area contributed by atoms with Crippen LogP contribution in [0.25, 0.3) is 0 Å². The van der Waals surface area contributed by atoms with Crippen LogP contribution in [0.1, 0.15) is 5.56 Å². The molecule has 0 atom stereocenters. The summed E-state index contributed by atoms with van der Waals surface area (Å²) < 4.78 is 5.01. The number of hydrogen-bond donors (Lipinski definition) is 1. The van der Waals surface area contributed by atoms with Crippen LogP contribution in [0, 0.1) is 11.3 Å². The van der Waals surface area contributed by atoms with E-state index < -0.39 is 0 Å². The minimum absolute atomic E-state index is 0.0414. The maximum absolute atomic E-state index is 8.36. The van der Waals surface area contributed by atoms with E-state index >= 15 is 0 Å². The summed E-state index contributed by atoms with van der Waals surface area (Å²) in [6, 6.07) is 9.10. The third-order valence-electron chi connectivity index (χ3n) is 1.60. The van der Waals surface area contributed by atoms with Crippen molar-refractivity contribution in [3.05, 3.63) is 29.8 Å². The number of hydrazone groups is 1. The van der Waals surface area contributed by atoms with Gasteiger partial charge in [-0.2, -0.15) is 10.4 Å². The highest BCUT2D eigenvalue weighted by Crippen LogP contribution is 2.09. The van der Waals surface area contributed by atoms with Crippen LogP contribution in [0.4, 0.5) is 0 Å². The van der Waals surface area contributed by atoms with Crippen LogP contribution in [0.5, 0.6) is 5.75 Å². The van der Waals surface area contributed by atoms with E-state index in [9.17, 15) is 0 Å². The van der Waals surface area contributed by atoms with Gasteiger partial charge in [-0.15, -0.1) is 0 Å². The normalized spacial score (nSPS) is 9.60. The zero-order chi connectivity index (χ0) is 11.1. The van der Waals surface area contributed by atoms with Crippen LogP contribution in [0.15, 0.2) is 29.4 Å². The van der Waals surface area contributed by atoms with Gasteiger partial charge in [-0.1, -0.05) is 0 Å². The molecule has 1 N–H and O–H groups in total. The van der Waals surface area contributed by atoms with Crippen LogP contribution in [0.3, 0.4) is 0 Å². The number of nitrogens with one attached hydrogen (secondary N) is 1. The predicted molar refractivity (Wildman–Crippen MR) is 61.9 cm³/mol. The van der Waals surface area contributed by atoms with Gasteiger partial charge in [0.2, 0.25) is 0 Å². The van der Waals surface area contributed by atoms with Crippen molar-refractivity contribution in [2.45, 2.75) is 0 Å². The van der Waals surface area contributed by atoms with E-state index in [0.717, 1.165) is 11.3 Å². The molecule has 1 aromatic carbocycles. The van der Waals surface area contributed by atoms with Crippen LogP contribution in [-0.2, 0) is 0 Å². The fourth-order valence-corrected chi connectivity index (χ4v) is 0.933. The lowest BCUT2D eigenvalue weighted by Crippen LogP contribution is -2.11. The first-order chi connectivity index (χ1) is 7.26. The number of ether oxygens (including phenoxy) is 1. The van der Waals surface area contributed by atoms with Crippen molar-refractivity contribution in [1.82, 2.24) is 5.43 Å². The van der Waals surface area contributed by atoms with Gasteiger partial charge in [-0.25, -0.2) is 0 Å². The number of rotatable bonds is 3. The standard InChI is InChI=1S/C10H9N3OS/c1-14-9-4-2-8(3-5-9)7-12-13-10(15)6-11/h2-5,7H,1H3,(H,13,15). The second kappa shape index (κ2) is 5.73. The van der Waals surface area contributed by atoms with E-state index in [4.69, 9.17) is 10.00 Å². The first-order valence-corrected chi connectivity index (χ1v) is 4.54. The summed E-state index contributed by atoms with van der Waals surface area (Å²) in [5.41, 5.74) is 3.31. The van der Waals surface area contributed by atoms with Crippen molar-refractivity contribution in [3.63, 3.8) is 0 Å². The number of thiocarbonyl (C=S) groups is 1. The van der Waals surface area contributed by atoms with E-state index in [1.165, 1.54) is 0 Å². The predicted octanol–water partition coefficient (Wildman–Crippen LogP) is 1.47. The molecule has 0 radical (unpaired) electrons. The van der Waals surface area contributed by atoms with Gasteiger partial charge in [-0.3, -0.25) is 5.43 Å². The van der Waals surface area contributed by atoms with Gasteiger partial charge in [-0.05, 0) is 42.0 Å². The molecule has 0 aliphatic rings. The molecule has 0 amide bonds. The number of benzene rings is 1. The quantitative estimate of drug-likeness (QED) is 0.475. The topological polar surface area (TPSA) is 57.4 Å². The molecule has 1 rings (SSSR count). The molecule has 76 valence electrons. The van der Waals surface area contributed by atoms with Crippen molar-refractivity contribution < 1.29 is 4.74 Å². The fraction of sp³-hybridized carbons (Fsp3) is 0.100. The molecular weight excluding hydrogens is 210 g/mol. The lowest BCUT2D eigenvalue weighted by Gasteiger charge is -1.98. The summed E-state index contributed by atoms with van der Waals surface area (Å²) in [5.74, 6) is 0.785. The molecule has 0 aromatic heterocycles. The Morgan fingerprint density at radius 3 is 2.73 bits per heavy atom. The van der Waals surface area contributed by atoms with Crippen molar-refractivity contribution in [1.29, 1.82) is 5.26 Å². The molecule has 0 spiro atoms. The molecule has 0 aliphatic heterocycles. The molecule has 1 aromatic rings. The number of nitrogens with zero attached hydrogens (tertiary/aromatic N) is 2. The Labute approximate surface area is 93.2 Å². The molecule has 0 saturated heterocycles. The lowest BCUT2D eigenvalue weighted by molar-refractivity contribution is 0.415. The van der Waals surface area contributed by atoms with E-state index in [0.29, 0.717) is 0 Å². The van der Waals surface area contributed by atoms with Gasteiger partial charge < -0.3 is 4.74 Å². The Kier molecular flexibility index (Phi) is 4.26. The van der Waals surface area contributed by atoms with Gasteiger partial charge in [0.15, 0.2) is 4.99 Å². The smallest absolute Gasteiger partial charge is 0.198 e. The van der Waals surface area contributed by atoms with Crippen molar-refractivity contribution in [3.8, 4) is 11.8 Å². The van der Waals surface area contributed by atoms with Gasteiger partial charge >= 0.3 is 0 Å². The molecular formula is C10H9N3OS. The monoisotopic (exact) mass is 219 g/mol. The molecule has 15 heavy (non-hydrogen) atoms. The van der Waals surface area contributed by atoms with Crippen LogP contribution < -0.4 is 10.2 Å². The second-order valence-electron chi connectivity index (χ2n) is 2.58. The van der Waals surface area contributed by atoms with Gasteiger partial charge in [0, 0.05) is 0 Å². The summed E-state index contributed by atoms with van der Waals surface area (Å²) in [6.45, 7) is 0. The molecule has 0 bridgehead atoms. The van der Waals surface area contributed by atoms with Gasteiger partial charge in [0.25, 0.3) is 0 Å². The zero-order valence-electron chi connectivity index (χ0n) is 8.10. The largest absolute Gasteiger partial charge is 0.497 e. The molecule has 0 heterocycles. The minimum atomic E-state index is 0.0414. The number of methoxy groups -OCH3 is 1. The Morgan fingerprint density at radius 2 is 2.20 bits per heavy atom. The van der Waals surface area contributed by atoms with E-state index in [-0.39, 0.29) is 4.99 Å². The Hall–Kier alpha value is -1.93. The van der Waals surface area contributed by atoms with Crippen LogP contribution >= 0.6 is 12.2 Å². The number of hydrogen-bond acceptors (Lipinski definition) is 4. The first-order valence-electron chi connectivity index (χ1n) is 4.13. The third kappa shape index (κ3) is 3.75. The average Bonchev–Trinajstić information content (AvgIpc) is 2.29. The van der Waals surface area contributed by atoms with E-state index in [1.807, 2.05) is 24.3 Å². The van der Waals surface area contributed by atoms with Crippen molar-refractivity contribution in [2.75, 3.05) is 7.11 Å². The molecule has 0 unspecified atom stereocenters. The summed E-state index contributed by atoms with van der Waals surface area (Å²) in [6.07, 6.45) is 1.57. The van der Waals surface area contributed by atoms with E-state index in [1.54, 1.807) is 19.4 Å². The Balaban J connectivity index is 2.58. The fourth-order valence-electron chi connectivity index (χ4n) is 0.880. The van der Waals surface area contributed by atoms with Crippen LogP contribution in [-0.4, -0.2) is 18.3 Å². The maximum Gasteiger partial charge on any atom is 0.198 e. The second-order valence-corrected chi connectivity index (χ2v) is 2.99. The first kappa shape index (κ1) is 11.1. The van der Waals surface area contributed by atoms with Gasteiger partial charge in [0.05, 0.1) is 13.3 Å². The summed E-state index contributed by atoms with van der Waals surface area (Å²) >= 11 is 4.60. The highest BCUT2D eigenvalue weighted by atomic mass is 32.1. The molecule has 0 saturated carbocycles. The van der Waals surface area contributed by atoms with Gasteiger partial charge in [0.1, 0.15) is 11.8 Å². The van der Waals surface area contributed by atoms with E-state index in [2.05, 4.69) is 22.7 Å². The minimum Gasteiger partial charge on any atom is -0.497 e. The molecule has 0 aliphatic carbocycles. The summed E-state index contributed by atoms with van der Waals surface area (Å²) in [4.78, 5) is 0.0414. The highest BCUT2D eigenvalue weighted by molar-refractivity contribution is 7.80. The zero-order valence-corrected chi connectivity index (χ0v) is 8.91. The Morgan fingerprint density at radius 1 is 1.53 bits per heavy atom. The van der Waals surface area contributed by atoms with Crippen molar-refractivity contribution >= 4 is 23.4 Å². The highest BCUT2D eigenvalue weighted by Gasteiger charge is 1.91. The third-order valence-corrected chi connectivity index (χ3v) is 1.78. The summed E-state index contributed by atoms with van der Waals surface area (Å²) in [5, 5.41) is 12.1. The molecule has 4 nitrogen and oxygen atoms in total. The maximum atomic E-state index is 8.36. The number of nitriles is 1. The molecule has 5 heteroatoms. The average molecular weight is 219 g/mol.